The van der Waals surface area contributed by atoms with Crippen LogP contribution in [0.1, 0.15) is 15.9 Å². The second kappa shape index (κ2) is 9.11. The molecule has 0 atom stereocenters. The number of rotatable bonds is 7. The van der Waals surface area contributed by atoms with Crippen LogP contribution < -0.4 is 15.4 Å². The number of amides is 2. The minimum absolute atomic E-state index is 0.0613. The Labute approximate surface area is 155 Å². The highest BCUT2D eigenvalue weighted by Crippen LogP contribution is 2.17. The molecule has 0 aliphatic heterocycles. The minimum Gasteiger partial charge on any atom is -0.468 e. The number of halogens is 5. The normalized spacial score (nSPS) is 11.0. The second-order valence-corrected chi connectivity index (χ2v) is 5.52. The van der Waals surface area contributed by atoms with Gasteiger partial charge in [-0.3, -0.25) is 9.59 Å². The molecule has 2 aromatic rings. The fraction of sp³-hybridized carbons (Fsp3) is 0.235. The van der Waals surface area contributed by atoms with Gasteiger partial charge in [0.2, 0.25) is 11.8 Å². The molecule has 0 bridgehead atoms. The highest BCUT2D eigenvalue weighted by Gasteiger charge is 2.28. The van der Waals surface area contributed by atoms with Crippen LogP contribution in [0.3, 0.4) is 0 Å². The van der Waals surface area contributed by atoms with Gasteiger partial charge in [-0.2, -0.15) is 13.2 Å². The van der Waals surface area contributed by atoms with Crippen LogP contribution in [-0.2, 0) is 11.3 Å². The smallest absolute Gasteiger partial charge is 0.422 e. The van der Waals surface area contributed by atoms with Gasteiger partial charge >= 0.3 is 6.18 Å². The van der Waals surface area contributed by atoms with Crippen LogP contribution in [0.5, 0.6) is 5.88 Å². The van der Waals surface area contributed by atoms with E-state index >= 15 is 0 Å². The molecule has 0 aliphatic rings. The lowest BCUT2D eigenvalue weighted by Gasteiger charge is -2.10. The van der Waals surface area contributed by atoms with Crippen molar-refractivity contribution in [1.82, 2.24) is 15.6 Å². The van der Waals surface area contributed by atoms with Gasteiger partial charge < -0.3 is 15.4 Å². The predicted octanol–water partition coefficient (Wildman–Crippen LogP) is 2.35. The molecule has 2 N–H and O–H groups in total. The summed E-state index contributed by atoms with van der Waals surface area (Å²) in [7, 11) is 0. The number of pyridine rings is 1. The Hall–Kier alpha value is -3.24. The van der Waals surface area contributed by atoms with Crippen molar-refractivity contribution < 1.29 is 36.3 Å². The van der Waals surface area contributed by atoms with Gasteiger partial charge in [0.15, 0.2) is 6.61 Å². The number of carbonyl (C=O) groups excluding carboxylic acids is 2. The molecular formula is C17H14F5N3O3. The molecule has 0 saturated heterocycles. The van der Waals surface area contributed by atoms with Crippen molar-refractivity contribution in [3.63, 3.8) is 0 Å². The quantitative estimate of drug-likeness (QED) is 0.696. The van der Waals surface area contributed by atoms with Crippen LogP contribution in [0.2, 0.25) is 0 Å². The molecule has 1 heterocycles. The lowest BCUT2D eigenvalue weighted by atomic mass is 10.2. The van der Waals surface area contributed by atoms with E-state index in [0.717, 1.165) is 12.1 Å². The van der Waals surface area contributed by atoms with Crippen molar-refractivity contribution in [3.05, 3.63) is 59.3 Å². The third-order valence-corrected chi connectivity index (χ3v) is 3.21. The first-order valence-corrected chi connectivity index (χ1v) is 7.78. The molecule has 1 aromatic heterocycles. The molecule has 0 saturated carbocycles. The molecule has 0 unspecified atom stereocenters. The summed E-state index contributed by atoms with van der Waals surface area (Å²) in [5.41, 5.74) is 0.130. The largest absolute Gasteiger partial charge is 0.468 e. The van der Waals surface area contributed by atoms with E-state index in [-0.39, 0.29) is 18.0 Å². The third kappa shape index (κ3) is 7.17. The van der Waals surface area contributed by atoms with Crippen LogP contribution in [0, 0.1) is 11.6 Å². The van der Waals surface area contributed by atoms with E-state index in [1.165, 1.54) is 18.3 Å². The number of nitrogens with zero attached hydrogens (tertiary/aromatic N) is 1. The standard InChI is InChI=1S/C17H14F5N3O3/c18-12-4-11(5-13(19)6-12)16(27)25-8-14(26)24-7-10-1-2-23-15(3-10)28-9-17(20,21)22/h1-6H,7-9H2,(H,24,26)(H,25,27). The Kier molecular flexibility index (Phi) is 6.85. The Balaban J connectivity index is 1.81. The summed E-state index contributed by atoms with van der Waals surface area (Å²) in [6.45, 7) is -2.03. The number of hydrogen-bond acceptors (Lipinski definition) is 4. The van der Waals surface area contributed by atoms with Gasteiger partial charge in [-0.1, -0.05) is 0 Å². The van der Waals surface area contributed by atoms with Gasteiger partial charge in [-0.25, -0.2) is 13.8 Å². The van der Waals surface area contributed by atoms with Crippen molar-refractivity contribution in [3.8, 4) is 5.88 Å². The maximum absolute atomic E-state index is 13.1. The third-order valence-electron chi connectivity index (χ3n) is 3.21. The zero-order valence-electron chi connectivity index (χ0n) is 14.1. The molecule has 0 radical (unpaired) electrons. The number of benzene rings is 1. The van der Waals surface area contributed by atoms with Crippen molar-refractivity contribution in [2.75, 3.05) is 13.2 Å². The lowest BCUT2D eigenvalue weighted by Crippen LogP contribution is -2.36. The highest BCUT2D eigenvalue weighted by molar-refractivity contribution is 5.96. The first-order chi connectivity index (χ1) is 13.1. The number of ether oxygens (including phenoxy) is 1. The summed E-state index contributed by atoms with van der Waals surface area (Å²) in [5.74, 6) is -3.60. The van der Waals surface area contributed by atoms with E-state index in [9.17, 15) is 31.5 Å². The van der Waals surface area contributed by atoms with Gasteiger partial charge in [-0.15, -0.1) is 0 Å². The molecule has 28 heavy (non-hydrogen) atoms. The Morgan fingerprint density at radius 1 is 1.04 bits per heavy atom. The van der Waals surface area contributed by atoms with E-state index in [1.54, 1.807) is 0 Å². The van der Waals surface area contributed by atoms with Crippen molar-refractivity contribution in [2.24, 2.45) is 0 Å². The Bertz CT molecular complexity index is 838. The average Bonchev–Trinajstić information content (AvgIpc) is 2.61. The van der Waals surface area contributed by atoms with E-state index in [0.29, 0.717) is 11.6 Å². The molecule has 0 spiro atoms. The highest BCUT2D eigenvalue weighted by atomic mass is 19.4. The van der Waals surface area contributed by atoms with Crippen LogP contribution >= 0.6 is 0 Å². The molecule has 6 nitrogen and oxygen atoms in total. The number of aromatic nitrogens is 1. The van der Waals surface area contributed by atoms with Crippen molar-refractivity contribution >= 4 is 11.8 Å². The molecule has 2 amide bonds. The molecule has 0 fully saturated rings. The predicted molar refractivity (Wildman–Crippen MR) is 86.3 cm³/mol. The van der Waals surface area contributed by atoms with E-state index in [1.807, 2.05) is 0 Å². The van der Waals surface area contributed by atoms with E-state index in [4.69, 9.17) is 0 Å². The van der Waals surface area contributed by atoms with Crippen LogP contribution in [0.25, 0.3) is 0 Å². The van der Waals surface area contributed by atoms with E-state index < -0.39 is 42.8 Å². The Morgan fingerprint density at radius 2 is 1.71 bits per heavy atom. The van der Waals surface area contributed by atoms with Gasteiger partial charge in [0.25, 0.3) is 5.91 Å². The SMILES string of the molecule is O=C(CNC(=O)c1cc(F)cc(F)c1)NCc1ccnc(OCC(F)(F)F)c1. The molecule has 1 aromatic carbocycles. The van der Waals surface area contributed by atoms with Crippen molar-refractivity contribution in [2.45, 2.75) is 12.7 Å². The number of carbonyl (C=O) groups is 2. The fourth-order valence-corrected chi connectivity index (χ4v) is 2.01. The molecule has 2 rings (SSSR count). The molecule has 11 heteroatoms. The van der Waals surface area contributed by atoms with Gasteiger partial charge in [-0.05, 0) is 23.8 Å². The summed E-state index contributed by atoms with van der Waals surface area (Å²) < 4.78 is 67.0. The molecular weight excluding hydrogens is 389 g/mol. The van der Waals surface area contributed by atoms with Gasteiger partial charge in [0.05, 0.1) is 6.54 Å². The topological polar surface area (TPSA) is 80.3 Å². The minimum atomic E-state index is -4.51. The molecule has 0 aliphatic carbocycles. The van der Waals surface area contributed by atoms with Crippen molar-refractivity contribution in [1.29, 1.82) is 0 Å². The van der Waals surface area contributed by atoms with Crippen LogP contribution in [0.4, 0.5) is 22.0 Å². The first kappa shape index (κ1) is 21.1. The summed E-state index contributed by atoms with van der Waals surface area (Å²) in [6.07, 6.45) is -3.29. The number of nitrogens with one attached hydrogen (secondary N) is 2. The monoisotopic (exact) mass is 403 g/mol. The maximum Gasteiger partial charge on any atom is 0.422 e. The zero-order valence-corrected chi connectivity index (χ0v) is 14.1. The average molecular weight is 403 g/mol. The van der Waals surface area contributed by atoms with Gasteiger partial charge in [0, 0.05) is 30.4 Å². The lowest BCUT2D eigenvalue weighted by molar-refractivity contribution is -0.154. The fourth-order valence-electron chi connectivity index (χ4n) is 2.01. The van der Waals surface area contributed by atoms with Gasteiger partial charge in [0.1, 0.15) is 11.6 Å². The van der Waals surface area contributed by atoms with Crippen LogP contribution in [0.15, 0.2) is 36.5 Å². The maximum atomic E-state index is 13.1. The first-order valence-electron chi connectivity index (χ1n) is 7.78. The Morgan fingerprint density at radius 3 is 2.36 bits per heavy atom. The summed E-state index contributed by atoms with van der Waals surface area (Å²) in [6, 6.07) is 4.91. The second-order valence-electron chi connectivity index (χ2n) is 5.52. The van der Waals surface area contributed by atoms with E-state index in [2.05, 4.69) is 20.4 Å². The van der Waals surface area contributed by atoms with Crippen LogP contribution in [-0.4, -0.2) is 36.1 Å². The zero-order chi connectivity index (χ0) is 20.7. The molecule has 150 valence electrons. The number of hydrogen-bond donors (Lipinski definition) is 2. The number of alkyl halides is 3. The summed E-state index contributed by atoms with van der Waals surface area (Å²) >= 11 is 0. The summed E-state index contributed by atoms with van der Waals surface area (Å²) in [4.78, 5) is 27.2. The summed E-state index contributed by atoms with van der Waals surface area (Å²) in [5, 5.41) is 4.61.